The molecule has 3 saturated heterocycles. The number of hydrogen-bond acceptors (Lipinski definition) is 3. The van der Waals surface area contributed by atoms with E-state index in [-0.39, 0.29) is 17.4 Å². The molecule has 0 N–H and O–H groups in total. The second-order valence-electron chi connectivity index (χ2n) is 7.31. The zero-order chi connectivity index (χ0) is 14.3. The highest BCUT2D eigenvalue weighted by atomic mass is 16.1. The third-order valence-corrected chi connectivity index (χ3v) is 5.02. The summed E-state index contributed by atoms with van der Waals surface area (Å²) in [4.78, 5) is 19.6. The average Bonchev–Trinajstić information content (AvgIpc) is 2.43. The van der Waals surface area contributed by atoms with Gasteiger partial charge in [-0.3, -0.25) is 14.7 Å². The topological polar surface area (TPSA) is 33.2 Å². The molecule has 0 aromatic carbocycles. The second-order valence-corrected chi connectivity index (χ2v) is 7.31. The summed E-state index contributed by atoms with van der Waals surface area (Å²) in [6, 6.07) is 6.01. The van der Waals surface area contributed by atoms with Gasteiger partial charge in [0.15, 0.2) is 5.78 Å². The molecule has 0 amide bonds. The second kappa shape index (κ2) is 4.96. The van der Waals surface area contributed by atoms with Crippen molar-refractivity contribution in [2.45, 2.75) is 39.7 Å². The van der Waals surface area contributed by atoms with Crippen LogP contribution in [-0.2, 0) is 11.2 Å². The van der Waals surface area contributed by atoms with Crippen molar-refractivity contribution in [2.75, 3.05) is 13.1 Å². The SMILES string of the molecule is CC(C)(C)C1CN2CCC1C(=O)C2Cc1ccccn1. The Morgan fingerprint density at radius 1 is 1.35 bits per heavy atom. The highest BCUT2D eigenvalue weighted by molar-refractivity contribution is 5.88. The predicted molar refractivity (Wildman–Crippen MR) is 79.4 cm³/mol. The lowest BCUT2D eigenvalue weighted by Gasteiger charge is -2.52. The van der Waals surface area contributed by atoms with Crippen LogP contribution in [-0.4, -0.2) is 34.8 Å². The summed E-state index contributed by atoms with van der Waals surface area (Å²) in [5, 5.41) is 0. The molecule has 0 spiro atoms. The van der Waals surface area contributed by atoms with Gasteiger partial charge in [0.05, 0.1) is 6.04 Å². The first-order valence-corrected chi connectivity index (χ1v) is 7.64. The van der Waals surface area contributed by atoms with Gasteiger partial charge in [-0.15, -0.1) is 0 Å². The van der Waals surface area contributed by atoms with Crippen molar-refractivity contribution in [1.82, 2.24) is 9.88 Å². The van der Waals surface area contributed by atoms with Crippen LogP contribution in [0, 0.1) is 17.3 Å². The number of aromatic nitrogens is 1. The van der Waals surface area contributed by atoms with E-state index in [2.05, 4.69) is 30.7 Å². The largest absolute Gasteiger partial charge is 0.298 e. The fourth-order valence-electron chi connectivity index (χ4n) is 3.85. The molecular weight excluding hydrogens is 248 g/mol. The zero-order valence-corrected chi connectivity index (χ0v) is 12.7. The molecular formula is C17H24N2O. The minimum atomic E-state index is 0.0576. The van der Waals surface area contributed by atoms with Crippen LogP contribution in [0.5, 0.6) is 0 Å². The van der Waals surface area contributed by atoms with Crippen molar-refractivity contribution in [1.29, 1.82) is 0 Å². The number of hydrogen-bond donors (Lipinski definition) is 0. The minimum Gasteiger partial charge on any atom is -0.298 e. The van der Waals surface area contributed by atoms with Crippen LogP contribution in [0.4, 0.5) is 0 Å². The third kappa shape index (κ3) is 2.39. The van der Waals surface area contributed by atoms with Crippen molar-refractivity contribution in [3.63, 3.8) is 0 Å². The molecule has 0 aliphatic carbocycles. The number of pyridine rings is 1. The van der Waals surface area contributed by atoms with Crippen LogP contribution in [0.25, 0.3) is 0 Å². The average molecular weight is 272 g/mol. The van der Waals surface area contributed by atoms with Gasteiger partial charge in [0.25, 0.3) is 0 Å². The Hall–Kier alpha value is -1.22. The van der Waals surface area contributed by atoms with Gasteiger partial charge in [0.2, 0.25) is 0 Å². The Morgan fingerprint density at radius 3 is 2.75 bits per heavy atom. The maximum absolute atomic E-state index is 12.8. The molecule has 3 heteroatoms. The first-order chi connectivity index (χ1) is 9.47. The summed E-state index contributed by atoms with van der Waals surface area (Å²) >= 11 is 0. The number of ketones is 1. The molecule has 4 heterocycles. The molecule has 4 atom stereocenters. The van der Waals surface area contributed by atoms with E-state index in [0.717, 1.165) is 31.6 Å². The van der Waals surface area contributed by atoms with Crippen molar-refractivity contribution in [2.24, 2.45) is 17.3 Å². The van der Waals surface area contributed by atoms with Crippen LogP contribution >= 0.6 is 0 Å². The minimum absolute atomic E-state index is 0.0576. The monoisotopic (exact) mass is 272 g/mol. The van der Waals surface area contributed by atoms with Crippen LogP contribution in [0.15, 0.2) is 24.4 Å². The fraction of sp³-hybridized carbons (Fsp3) is 0.647. The highest BCUT2D eigenvalue weighted by Gasteiger charge is 2.49. The number of rotatable bonds is 2. The van der Waals surface area contributed by atoms with E-state index in [1.807, 2.05) is 24.4 Å². The Balaban J connectivity index is 1.79. The van der Waals surface area contributed by atoms with Crippen LogP contribution in [0.2, 0.25) is 0 Å². The van der Waals surface area contributed by atoms with Crippen molar-refractivity contribution in [3.05, 3.63) is 30.1 Å². The van der Waals surface area contributed by atoms with Gasteiger partial charge in [-0.1, -0.05) is 26.8 Å². The summed E-state index contributed by atoms with van der Waals surface area (Å²) in [5.74, 6) is 1.21. The lowest BCUT2D eigenvalue weighted by molar-refractivity contribution is -0.146. The molecule has 3 fully saturated rings. The Kier molecular flexibility index (Phi) is 3.41. The molecule has 0 radical (unpaired) electrons. The Bertz CT molecular complexity index is 491. The predicted octanol–water partition coefficient (Wildman–Crippen LogP) is 2.56. The lowest BCUT2D eigenvalue weighted by Crippen LogP contribution is -2.62. The third-order valence-electron chi connectivity index (χ3n) is 5.02. The van der Waals surface area contributed by atoms with Gasteiger partial charge in [-0.2, -0.15) is 0 Å². The normalized spacial score (nSPS) is 33.5. The Labute approximate surface area is 121 Å². The highest BCUT2D eigenvalue weighted by Crippen LogP contribution is 2.43. The van der Waals surface area contributed by atoms with Gasteiger partial charge in [0, 0.05) is 30.8 Å². The van der Waals surface area contributed by atoms with Crippen molar-refractivity contribution >= 4 is 5.78 Å². The first kappa shape index (κ1) is 13.7. The Morgan fingerprint density at radius 2 is 2.15 bits per heavy atom. The number of fused-ring (bicyclic) bond motifs is 3. The molecule has 3 nitrogen and oxygen atoms in total. The summed E-state index contributed by atoms with van der Waals surface area (Å²) in [6.45, 7) is 8.93. The quantitative estimate of drug-likeness (QED) is 0.829. The molecule has 1 aromatic heterocycles. The zero-order valence-electron chi connectivity index (χ0n) is 12.7. The molecule has 108 valence electrons. The van der Waals surface area contributed by atoms with Crippen LogP contribution in [0.3, 0.4) is 0 Å². The maximum Gasteiger partial charge on any atom is 0.153 e. The molecule has 1 aromatic rings. The number of nitrogens with zero attached hydrogens (tertiary/aromatic N) is 2. The van der Waals surface area contributed by atoms with E-state index in [9.17, 15) is 4.79 Å². The summed E-state index contributed by atoms with van der Waals surface area (Å²) in [7, 11) is 0. The van der Waals surface area contributed by atoms with Crippen molar-refractivity contribution in [3.8, 4) is 0 Å². The first-order valence-electron chi connectivity index (χ1n) is 7.64. The standard InChI is InChI=1S/C17H24N2O/c1-17(2,3)14-11-19-9-7-13(14)16(20)15(19)10-12-6-4-5-8-18-12/h4-6,8,13-15H,7,9-11H2,1-3H3. The van der Waals surface area contributed by atoms with E-state index in [4.69, 9.17) is 0 Å². The van der Waals surface area contributed by atoms with Gasteiger partial charge in [-0.05, 0) is 36.4 Å². The molecule has 20 heavy (non-hydrogen) atoms. The lowest BCUT2D eigenvalue weighted by atomic mass is 9.64. The number of Topliss-reactive ketones (excluding diaryl/α,β-unsaturated/α-hetero) is 1. The number of carbonyl (C=O) groups excluding carboxylic acids is 1. The van der Waals surface area contributed by atoms with E-state index in [0.29, 0.717) is 11.7 Å². The number of piperidine rings is 3. The molecule has 2 bridgehead atoms. The molecule has 4 rings (SSSR count). The smallest absolute Gasteiger partial charge is 0.153 e. The molecule has 3 aliphatic rings. The van der Waals surface area contributed by atoms with E-state index < -0.39 is 0 Å². The number of carbonyl (C=O) groups is 1. The molecule has 3 aliphatic heterocycles. The van der Waals surface area contributed by atoms with Gasteiger partial charge >= 0.3 is 0 Å². The fourth-order valence-corrected chi connectivity index (χ4v) is 3.85. The van der Waals surface area contributed by atoms with Gasteiger partial charge < -0.3 is 0 Å². The summed E-state index contributed by atoms with van der Waals surface area (Å²) < 4.78 is 0. The van der Waals surface area contributed by atoms with Crippen LogP contribution in [0.1, 0.15) is 32.9 Å². The van der Waals surface area contributed by atoms with Gasteiger partial charge in [0.1, 0.15) is 0 Å². The van der Waals surface area contributed by atoms with Gasteiger partial charge in [-0.25, -0.2) is 0 Å². The van der Waals surface area contributed by atoms with E-state index in [1.54, 1.807) is 0 Å². The summed E-state index contributed by atoms with van der Waals surface area (Å²) in [6.07, 6.45) is 3.63. The molecule has 0 saturated carbocycles. The maximum atomic E-state index is 12.8. The van der Waals surface area contributed by atoms with Crippen molar-refractivity contribution < 1.29 is 4.79 Å². The molecule has 4 unspecified atom stereocenters. The van der Waals surface area contributed by atoms with E-state index >= 15 is 0 Å². The van der Waals surface area contributed by atoms with Crippen LogP contribution < -0.4 is 0 Å². The van der Waals surface area contributed by atoms with E-state index in [1.165, 1.54) is 0 Å². The summed E-state index contributed by atoms with van der Waals surface area (Å²) in [5.41, 5.74) is 1.25.